The standard InChI is InChI=1S/C36H47N9O3/c1-22(38-21-30(46)45-16-8-9-27(45)20-37)19-36(33-41-43-44-42-33)28-14-12-25(31(47)39-34(2,3)4)17-23(28)10-11-24-18-26(13-15-29(24)36)32(48)40-35(5,6)7/h12-15,17-18,22,27,38H,8-11,16,19,21H2,1-7H3,(H,39,47)(H,40,48)(H,41,42,43,44)/t22-,27-/m0/s1. The number of fused-ring (bicyclic) bond motifs is 2. The van der Waals surface area contributed by atoms with Gasteiger partial charge in [-0.2, -0.15) is 10.5 Å². The first-order valence-electron chi connectivity index (χ1n) is 16.7. The Kier molecular flexibility index (Phi) is 9.74. The Morgan fingerprint density at radius 2 is 1.54 bits per heavy atom. The Labute approximate surface area is 282 Å². The van der Waals surface area contributed by atoms with Gasteiger partial charge in [-0.15, -0.1) is 10.2 Å². The number of rotatable bonds is 8. The molecule has 12 nitrogen and oxygen atoms in total. The molecular formula is C36H47N9O3. The second-order valence-corrected chi connectivity index (χ2v) is 15.2. The number of hydrogen-bond donors (Lipinski definition) is 4. The summed E-state index contributed by atoms with van der Waals surface area (Å²) >= 11 is 0. The van der Waals surface area contributed by atoms with Crippen LogP contribution in [-0.4, -0.2) is 79.5 Å². The van der Waals surface area contributed by atoms with E-state index < -0.39 is 22.5 Å². The first-order chi connectivity index (χ1) is 22.6. The quantitative estimate of drug-likeness (QED) is 0.286. The summed E-state index contributed by atoms with van der Waals surface area (Å²) in [5, 5.41) is 34.8. The Balaban J connectivity index is 1.59. The highest BCUT2D eigenvalue weighted by Gasteiger charge is 2.46. The van der Waals surface area contributed by atoms with Crippen molar-refractivity contribution < 1.29 is 14.4 Å². The second kappa shape index (κ2) is 13.5. The van der Waals surface area contributed by atoms with Crippen LogP contribution < -0.4 is 16.0 Å². The number of aromatic amines is 1. The minimum atomic E-state index is -0.940. The molecule has 2 aromatic carbocycles. The number of carbonyl (C=O) groups is 3. The molecule has 2 aliphatic rings. The molecule has 2 atom stereocenters. The number of hydrogen-bond acceptors (Lipinski definition) is 8. The summed E-state index contributed by atoms with van der Waals surface area (Å²) in [5.41, 5.74) is 3.17. The summed E-state index contributed by atoms with van der Waals surface area (Å²) in [6, 6.07) is 13.2. The SMILES string of the molecule is C[C@@H](CC1(c2nn[nH]n2)c2ccc(C(=O)NC(C)(C)C)cc2CCc2cc(C(=O)NC(C)(C)C)ccc21)NCC(=O)N1CCC[C@H]1C#N. The van der Waals surface area contributed by atoms with Gasteiger partial charge in [-0.1, -0.05) is 17.3 Å². The maximum absolute atomic E-state index is 13.3. The molecule has 1 aliphatic heterocycles. The zero-order valence-electron chi connectivity index (χ0n) is 29.0. The van der Waals surface area contributed by atoms with Crippen molar-refractivity contribution in [3.8, 4) is 6.07 Å². The Morgan fingerprint density at radius 1 is 0.979 bits per heavy atom. The highest BCUT2D eigenvalue weighted by Crippen LogP contribution is 2.47. The average molecular weight is 654 g/mol. The van der Waals surface area contributed by atoms with Crippen molar-refractivity contribution in [1.29, 1.82) is 5.26 Å². The zero-order valence-corrected chi connectivity index (χ0v) is 29.0. The van der Waals surface area contributed by atoms with E-state index in [9.17, 15) is 19.6 Å². The highest BCUT2D eigenvalue weighted by molar-refractivity contribution is 5.96. The molecule has 1 aromatic heterocycles. The van der Waals surface area contributed by atoms with E-state index in [1.807, 2.05) is 84.9 Å². The Morgan fingerprint density at radius 3 is 2.02 bits per heavy atom. The molecule has 48 heavy (non-hydrogen) atoms. The number of nitrogens with one attached hydrogen (secondary N) is 4. The smallest absolute Gasteiger partial charge is 0.251 e. The fourth-order valence-corrected chi connectivity index (χ4v) is 6.94. The third kappa shape index (κ3) is 7.41. The molecule has 1 saturated heterocycles. The number of likely N-dealkylation sites (tertiary alicyclic amines) is 1. The normalized spacial score (nSPS) is 17.8. The lowest BCUT2D eigenvalue weighted by atomic mass is 9.67. The van der Waals surface area contributed by atoms with Gasteiger partial charge in [-0.3, -0.25) is 14.4 Å². The zero-order chi connectivity index (χ0) is 34.9. The van der Waals surface area contributed by atoms with E-state index in [0.717, 1.165) is 28.7 Å². The van der Waals surface area contributed by atoms with Crippen LogP contribution in [0.15, 0.2) is 36.4 Å². The summed E-state index contributed by atoms with van der Waals surface area (Å²) in [6.45, 7) is 14.4. The van der Waals surface area contributed by atoms with Gasteiger partial charge in [0.2, 0.25) is 5.91 Å². The van der Waals surface area contributed by atoms with Gasteiger partial charge < -0.3 is 20.9 Å². The molecule has 254 valence electrons. The molecule has 0 radical (unpaired) electrons. The van der Waals surface area contributed by atoms with Crippen LogP contribution in [0.3, 0.4) is 0 Å². The van der Waals surface area contributed by atoms with Crippen LogP contribution in [0.25, 0.3) is 0 Å². The van der Waals surface area contributed by atoms with Crippen molar-refractivity contribution >= 4 is 17.7 Å². The van der Waals surface area contributed by atoms with Gasteiger partial charge in [0.1, 0.15) is 6.04 Å². The van der Waals surface area contributed by atoms with Gasteiger partial charge >= 0.3 is 0 Å². The molecule has 3 amide bonds. The van der Waals surface area contributed by atoms with Crippen LogP contribution in [0.4, 0.5) is 0 Å². The molecule has 1 aliphatic carbocycles. The van der Waals surface area contributed by atoms with Crippen molar-refractivity contribution in [3.63, 3.8) is 0 Å². The predicted molar refractivity (Wildman–Crippen MR) is 181 cm³/mol. The van der Waals surface area contributed by atoms with E-state index in [-0.39, 0.29) is 30.3 Å². The number of nitrogens with zero attached hydrogens (tertiary/aromatic N) is 5. The fourth-order valence-electron chi connectivity index (χ4n) is 6.94. The topological polar surface area (TPSA) is 169 Å². The predicted octanol–water partition coefficient (Wildman–Crippen LogP) is 3.57. The van der Waals surface area contributed by atoms with Crippen molar-refractivity contribution in [2.75, 3.05) is 13.1 Å². The lowest BCUT2D eigenvalue weighted by Crippen LogP contribution is -2.45. The number of amides is 3. The van der Waals surface area contributed by atoms with Crippen LogP contribution >= 0.6 is 0 Å². The molecule has 4 N–H and O–H groups in total. The summed E-state index contributed by atoms with van der Waals surface area (Å²) in [6.07, 6.45) is 3.20. The van der Waals surface area contributed by atoms with Crippen LogP contribution in [0.1, 0.15) is 117 Å². The van der Waals surface area contributed by atoms with Crippen LogP contribution in [0.2, 0.25) is 0 Å². The van der Waals surface area contributed by atoms with E-state index in [1.165, 1.54) is 0 Å². The number of H-pyrrole nitrogens is 1. The molecule has 0 spiro atoms. The highest BCUT2D eigenvalue weighted by atomic mass is 16.2. The Hall–Kier alpha value is -4.63. The number of carbonyl (C=O) groups excluding carboxylic acids is 3. The molecule has 0 bridgehead atoms. The fraction of sp³-hybridized carbons (Fsp3) is 0.528. The summed E-state index contributed by atoms with van der Waals surface area (Å²) in [4.78, 5) is 41.4. The molecule has 1 fully saturated rings. The first-order valence-corrected chi connectivity index (χ1v) is 16.7. The minimum Gasteiger partial charge on any atom is -0.347 e. The van der Waals surface area contributed by atoms with E-state index in [1.54, 1.807) is 4.90 Å². The number of benzene rings is 2. The van der Waals surface area contributed by atoms with Crippen molar-refractivity contribution in [2.24, 2.45) is 0 Å². The molecular weight excluding hydrogens is 606 g/mol. The molecule has 5 rings (SSSR count). The maximum Gasteiger partial charge on any atom is 0.251 e. The first kappa shape index (κ1) is 34.7. The van der Waals surface area contributed by atoms with Crippen LogP contribution in [0.5, 0.6) is 0 Å². The largest absolute Gasteiger partial charge is 0.347 e. The number of aryl methyl sites for hydroxylation is 2. The second-order valence-electron chi connectivity index (χ2n) is 15.2. The van der Waals surface area contributed by atoms with Gasteiger partial charge in [0.05, 0.1) is 18.0 Å². The summed E-state index contributed by atoms with van der Waals surface area (Å²) in [7, 11) is 0. The maximum atomic E-state index is 13.3. The molecule has 0 unspecified atom stereocenters. The minimum absolute atomic E-state index is 0.0825. The third-order valence-electron chi connectivity index (χ3n) is 8.96. The summed E-state index contributed by atoms with van der Waals surface area (Å²) < 4.78 is 0. The van der Waals surface area contributed by atoms with Crippen LogP contribution in [-0.2, 0) is 23.1 Å². The molecule has 12 heteroatoms. The van der Waals surface area contributed by atoms with Gasteiger partial charge in [0.25, 0.3) is 11.8 Å². The van der Waals surface area contributed by atoms with Gasteiger partial charge in [0, 0.05) is 34.8 Å². The molecule has 3 aromatic rings. The summed E-state index contributed by atoms with van der Waals surface area (Å²) in [5.74, 6) is 0.0221. The molecule has 2 heterocycles. The number of tetrazole rings is 1. The van der Waals surface area contributed by atoms with E-state index >= 15 is 0 Å². The van der Waals surface area contributed by atoms with Crippen molar-refractivity contribution in [3.05, 3.63) is 75.6 Å². The molecule has 0 saturated carbocycles. The van der Waals surface area contributed by atoms with E-state index in [2.05, 4.69) is 42.6 Å². The van der Waals surface area contributed by atoms with Crippen molar-refractivity contribution in [1.82, 2.24) is 41.5 Å². The number of nitriles is 1. The monoisotopic (exact) mass is 653 g/mol. The Bertz CT molecular complexity index is 1630. The average Bonchev–Trinajstić information content (AvgIpc) is 3.71. The van der Waals surface area contributed by atoms with Gasteiger partial charge in [-0.05, 0) is 127 Å². The van der Waals surface area contributed by atoms with E-state index in [0.29, 0.717) is 49.2 Å². The van der Waals surface area contributed by atoms with Gasteiger partial charge in [-0.25, -0.2) is 0 Å². The number of aromatic nitrogens is 4. The van der Waals surface area contributed by atoms with Crippen LogP contribution in [0, 0.1) is 11.3 Å². The van der Waals surface area contributed by atoms with E-state index in [4.69, 9.17) is 0 Å². The van der Waals surface area contributed by atoms with Gasteiger partial charge in [0.15, 0.2) is 5.82 Å². The third-order valence-corrected chi connectivity index (χ3v) is 8.96. The lowest BCUT2D eigenvalue weighted by molar-refractivity contribution is -0.130. The lowest BCUT2D eigenvalue weighted by Gasteiger charge is -2.36. The van der Waals surface area contributed by atoms with Crippen molar-refractivity contribution in [2.45, 2.75) is 109 Å².